The van der Waals surface area contributed by atoms with E-state index in [0.717, 1.165) is 5.56 Å². The topological polar surface area (TPSA) is 49.8 Å². The van der Waals surface area contributed by atoms with E-state index < -0.39 is 6.10 Å². The van der Waals surface area contributed by atoms with Crippen LogP contribution >= 0.6 is 0 Å². The maximum absolute atomic E-state index is 12.6. The van der Waals surface area contributed by atoms with E-state index in [-0.39, 0.29) is 18.1 Å². The Kier molecular flexibility index (Phi) is 4.74. The Hall–Kier alpha value is -2.17. The molecule has 1 aliphatic heterocycles. The van der Waals surface area contributed by atoms with E-state index in [0.29, 0.717) is 18.7 Å². The average Bonchev–Trinajstić information content (AvgIpc) is 2.61. The van der Waals surface area contributed by atoms with Crippen LogP contribution in [0.3, 0.4) is 0 Å². The first kappa shape index (κ1) is 15.7. The lowest BCUT2D eigenvalue weighted by atomic mass is 10.0. The molecule has 0 bridgehead atoms. The lowest BCUT2D eigenvalue weighted by molar-refractivity contribution is -0.153. The predicted molar refractivity (Wildman–Crippen MR) is 87.7 cm³/mol. The number of benzene rings is 2. The van der Waals surface area contributed by atoms with Gasteiger partial charge in [-0.05, 0) is 18.1 Å². The van der Waals surface area contributed by atoms with Gasteiger partial charge in [-0.25, -0.2) is 0 Å². The van der Waals surface area contributed by atoms with Crippen molar-refractivity contribution in [3.8, 4) is 0 Å². The number of carbonyl (C=O) groups is 1. The molecule has 23 heavy (non-hydrogen) atoms. The second kappa shape index (κ2) is 6.94. The van der Waals surface area contributed by atoms with E-state index in [1.54, 1.807) is 17.0 Å². The molecular weight excluding hydrogens is 290 g/mol. The number of ether oxygens (including phenoxy) is 1. The molecule has 1 N–H and O–H groups in total. The van der Waals surface area contributed by atoms with Gasteiger partial charge in [0.05, 0.1) is 12.6 Å². The summed E-state index contributed by atoms with van der Waals surface area (Å²) >= 11 is 0. The van der Waals surface area contributed by atoms with Crippen LogP contribution in [0.4, 0.5) is 0 Å². The summed E-state index contributed by atoms with van der Waals surface area (Å²) in [6.45, 7) is 2.90. The fraction of sp³-hybridized carbons (Fsp3) is 0.316. The van der Waals surface area contributed by atoms with Gasteiger partial charge in [-0.3, -0.25) is 4.79 Å². The normalized spacial score (nSPS) is 22.6. The molecule has 1 saturated heterocycles. The standard InChI is InChI=1S/C19H21NO3/c1-14-12-20(13-17(23-14)15-8-4-2-5-9-15)19(22)18(21)16-10-6-3-7-11-16/h2-11,14,17-18,21H,12-13H2,1H3/t14-,17-,18+/m1/s1. The van der Waals surface area contributed by atoms with Crippen molar-refractivity contribution in [2.45, 2.75) is 25.2 Å². The van der Waals surface area contributed by atoms with Gasteiger partial charge in [0.15, 0.2) is 6.10 Å². The summed E-state index contributed by atoms with van der Waals surface area (Å²) in [4.78, 5) is 14.3. The number of nitrogens with zero attached hydrogens (tertiary/aromatic N) is 1. The second-order valence-corrected chi connectivity index (χ2v) is 5.90. The summed E-state index contributed by atoms with van der Waals surface area (Å²) in [5.41, 5.74) is 1.67. The Morgan fingerprint density at radius 3 is 2.35 bits per heavy atom. The van der Waals surface area contributed by atoms with Crippen LogP contribution < -0.4 is 0 Å². The van der Waals surface area contributed by atoms with E-state index in [1.807, 2.05) is 55.5 Å². The van der Waals surface area contributed by atoms with Crippen LogP contribution in [-0.2, 0) is 9.53 Å². The van der Waals surface area contributed by atoms with Gasteiger partial charge < -0.3 is 14.7 Å². The lowest BCUT2D eigenvalue weighted by Gasteiger charge is -2.38. The van der Waals surface area contributed by atoms with Crippen LogP contribution in [0.15, 0.2) is 60.7 Å². The lowest BCUT2D eigenvalue weighted by Crippen LogP contribution is -2.47. The summed E-state index contributed by atoms with van der Waals surface area (Å²) in [6, 6.07) is 18.9. The highest BCUT2D eigenvalue weighted by Gasteiger charge is 2.32. The number of amides is 1. The molecule has 0 spiro atoms. The van der Waals surface area contributed by atoms with Gasteiger partial charge in [0.2, 0.25) is 0 Å². The number of hydrogen-bond donors (Lipinski definition) is 1. The number of carbonyl (C=O) groups excluding carboxylic acids is 1. The number of aliphatic hydroxyl groups is 1. The van der Waals surface area contributed by atoms with Gasteiger partial charge >= 0.3 is 0 Å². The average molecular weight is 311 g/mol. The number of hydrogen-bond acceptors (Lipinski definition) is 3. The molecule has 2 aromatic carbocycles. The van der Waals surface area contributed by atoms with E-state index in [9.17, 15) is 9.90 Å². The molecule has 0 aliphatic carbocycles. The monoisotopic (exact) mass is 311 g/mol. The minimum Gasteiger partial charge on any atom is -0.378 e. The van der Waals surface area contributed by atoms with Crippen LogP contribution in [0.2, 0.25) is 0 Å². The van der Waals surface area contributed by atoms with E-state index in [4.69, 9.17) is 4.74 Å². The van der Waals surface area contributed by atoms with Gasteiger partial charge in [-0.1, -0.05) is 60.7 Å². The molecule has 0 saturated carbocycles. The maximum Gasteiger partial charge on any atom is 0.256 e. The van der Waals surface area contributed by atoms with Gasteiger partial charge in [-0.15, -0.1) is 0 Å². The SMILES string of the molecule is C[C@@H]1CN(C(=O)[C@@H](O)c2ccccc2)C[C@H](c2ccccc2)O1. The second-order valence-electron chi connectivity index (χ2n) is 5.90. The van der Waals surface area contributed by atoms with E-state index in [2.05, 4.69) is 0 Å². The molecule has 0 aromatic heterocycles. The van der Waals surface area contributed by atoms with Gasteiger partial charge in [-0.2, -0.15) is 0 Å². The molecule has 3 rings (SSSR count). The van der Waals surface area contributed by atoms with Crippen LogP contribution in [0.5, 0.6) is 0 Å². The van der Waals surface area contributed by atoms with Crippen molar-refractivity contribution < 1.29 is 14.6 Å². The third kappa shape index (κ3) is 3.60. The molecule has 4 heteroatoms. The third-order valence-corrected chi connectivity index (χ3v) is 4.09. The molecule has 0 unspecified atom stereocenters. The van der Waals surface area contributed by atoms with Crippen molar-refractivity contribution in [2.75, 3.05) is 13.1 Å². The zero-order chi connectivity index (χ0) is 16.2. The van der Waals surface area contributed by atoms with Crippen molar-refractivity contribution in [3.05, 3.63) is 71.8 Å². The van der Waals surface area contributed by atoms with Crippen LogP contribution in [-0.4, -0.2) is 35.1 Å². The first-order valence-electron chi connectivity index (χ1n) is 7.87. The van der Waals surface area contributed by atoms with Crippen LogP contribution in [0, 0.1) is 0 Å². The highest BCUT2D eigenvalue weighted by Crippen LogP contribution is 2.27. The summed E-state index contributed by atoms with van der Waals surface area (Å²) in [6.07, 6.45) is -1.36. The number of rotatable bonds is 3. The summed E-state index contributed by atoms with van der Waals surface area (Å²) < 4.78 is 5.96. The summed E-state index contributed by atoms with van der Waals surface area (Å²) in [7, 11) is 0. The molecule has 1 aliphatic rings. The van der Waals surface area contributed by atoms with Crippen molar-refractivity contribution >= 4 is 5.91 Å². The molecule has 4 nitrogen and oxygen atoms in total. The fourth-order valence-corrected chi connectivity index (χ4v) is 2.93. The maximum atomic E-state index is 12.6. The van der Waals surface area contributed by atoms with Crippen molar-refractivity contribution in [1.82, 2.24) is 4.90 Å². The molecule has 3 atom stereocenters. The number of aliphatic hydroxyl groups excluding tert-OH is 1. The summed E-state index contributed by atoms with van der Waals surface area (Å²) in [5.74, 6) is -0.271. The number of morpholine rings is 1. The van der Waals surface area contributed by atoms with Crippen molar-refractivity contribution in [3.63, 3.8) is 0 Å². The Bertz CT molecular complexity index is 644. The van der Waals surface area contributed by atoms with Gasteiger partial charge in [0.1, 0.15) is 6.10 Å². The third-order valence-electron chi connectivity index (χ3n) is 4.09. The predicted octanol–water partition coefficient (Wildman–Crippen LogP) is 2.71. The van der Waals surface area contributed by atoms with Crippen LogP contribution in [0.1, 0.15) is 30.3 Å². The molecule has 0 radical (unpaired) electrons. The highest BCUT2D eigenvalue weighted by molar-refractivity contribution is 5.82. The van der Waals surface area contributed by atoms with Gasteiger partial charge in [0.25, 0.3) is 5.91 Å². The molecule has 2 aromatic rings. The minimum atomic E-state index is -1.13. The quantitative estimate of drug-likeness (QED) is 0.948. The van der Waals surface area contributed by atoms with Crippen LogP contribution in [0.25, 0.3) is 0 Å². The Morgan fingerprint density at radius 2 is 1.70 bits per heavy atom. The van der Waals surface area contributed by atoms with Crippen molar-refractivity contribution in [2.24, 2.45) is 0 Å². The Balaban J connectivity index is 1.75. The first-order valence-corrected chi connectivity index (χ1v) is 7.87. The summed E-state index contributed by atoms with van der Waals surface area (Å²) in [5, 5.41) is 10.4. The molecular formula is C19H21NO3. The smallest absolute Gasteiger partial charge is 0.256 e. The van der Waals surface area contributed by atoms with E-state index in [1.165, 1.54) is 0 Å². The Morgan fingerprint density at radius 1 is 1.09 bits per heavy atom. The van der Waals surface area contributed by atoms with E-state index >= 15 is 0 Å². The highest BCUT2D eigenvalue weighted by atomic mass is 16.5. The molecule has 1 heterocycles. The fourth-order valence-electron chi connectivity index (χ4n) is 2.93. The zero-order valence-electron chi connectivity index (χ0n) is 13.1. The molecule has 1 amide bonds. The zero-order valence-corrected chi connectivity index (χ0v) is 13.1. The Labute approximate surface area is 136 Å². The molecule has 1 fully saturated rings. The largest absolute Gasteiger partial charge is 0.378 e. The van der Waals surface area contributed by atoms with Gasteiger partial charge in [0, 0.05) is 6.54 Å². The minimum absolute atomic E-state index is 0.0686. The molecule has 120 valence electrons. The first-order chi connectivity index (χ1) is 11.1. The van der Waals surface area contributed by atoms with Crippen molar-refractivity contribution in [1.29, 1.82) is 0 Å².